The Balaban J connectivity index is 1.82. The summed E-state index contributed by atoms with van der Waals surface area (Å²) in [4.78, 5) is 14.0. The fourth-order valence-corrected chi connectivity index (χ4v) is 4.18. The van der Waals surface area contributed by atoms with Crippen LogP contribution in [0, 0.1) is 11.6 Å². The van der Waals surface area contributed by atoms with Gasteiger partial charge in [0.15, 0.2) is 0 Å². The molecule has 3 rings (SSSR count). The van der Waals surface area contributed by atoms with E-state index < -0.39 is 17.7 Å². The van der Waals surface area contributed by atoms with Crippen LogP contribution in [0.25, 0.3) is 0 Å². The number of hydrogen-bond acceptors (Lipinski definition) is 2. The van der Waals surface area contributed by atoms with Crippen LogP contribution in [0.2, 0.25) is 10.0 Å². The average Bonchev–Trinajstić information content (AvgIpc) is 3.02. The summed E-state index contributed by atoms with van der Waals surface area (Å²) in [6.07, 6.45) is 0. The van der Waals surface area contributed by atoms with Crippen LogP contribution < -0.4 is 5.32 Å². The molecule has 1 N–H and O–H groups in total. The third-order valence-corrected chi connectivity index (χ3v) is 5.65. The lowest BCUT2D eigenvalue weighted by Gasteiger charge is -2.25. The first kappa shape index (κ1) is 17.3. The summed E-state index contributed by atoms with van der Waals surface area (Å²) in [5.41, 5.74) is 0.649. The Hall–Kier alpha value is -1.50. The predicted octanol–water partition coefficient (Wildman–Crippen LogP) is 5.55. The van der Waals surface area contributed by atoms with Crippen molar-refractivity contribution in [2.45, 2.75) is 5.37 Å². The molecule has 8 heteroatoms. The van der Waals surface area contributed by atoms with Gasteiger partial charge >= 0.3 is 6.03 Å². The maximum absolute atomic E-state index is 13.7. The topological polar surface area (TPSA) is 32.3 Å². The van der Waals surface area contributed by atoms with E-state index in [0.29, 0.717) is 22.3 Å². The third-order valence-electron chi connectivity index (χ3n) is 3.57. The number of anilines is 1. The molecule has 0 bridgehead atoms. The van der Waals surface area contributed by atoms with E-state index in [9.17, 15) is 13.6 Å². The van der Waals surface area contributed by atoms with Crippen molar-refractivity contribution in [1.29, 1.82) is 0 Å². The number of urea groups is 1. The molecule has 3 nitrogen and oxygen atoms in total. The maximum atomic E-state index is 13.7. The van der Waals surface area contributed by atoms with Crippen LogP contribution in [-0.2, 0) is 0 Å². The number of halogens is 4. The molecule has 2 amide bonds. The van der Waals surface area contributed by atoms with Crippen LogP contribution in [0.3, 0.4) is 0 Å². The van der Waals surface area contributed by atoms with E-state index in [1.165, 1.54) is 6.07 Å². The number of carbonyl (C=O) groups excluding carboxylic acids is 1. The second-order valence-electron chi connectivity index (χ2n) is 5.11. The molecule has 0 spiro atoms. The molecule has 1 aliphatic rings. The Morgan fingerprint density at radius 3 is 2.79 bits per heavy atom. The smallest absolute Gasteiger partial charge is 0.308 e. The molecule has 2 aromatic carbocycles. The Bertz CT molecular complexity index is 791. The number of carbonyl (C=O) groups is 1. The predicted molar refractivity (Wildman–Crippen MR) is 93.7 cm³/mol. The van der Waals surface area contributed by atoms with E-state index >= 15 is 0 Å². The Morgan fingerprint density at radius 2 is 2.04 bits per heavy atom. The quantitative estimate of drug-likeness (QED) is 0.730. The van der Waals surface area contributed by atoms with Gasteiger partial charge in [0.2, 0.25) is 0 Å². The molecule has 0 unspecified atom stereocenters. The van der Waals surface area contributed by atoms with E-state index in [1.54, 1.807) is 34.9 Å². The van der Waals surface area contributed by atoms with Crippen molar-refractivity contribution in [2.75, 3.05) is 17.6 Å². The molecule has 0 aromatic heterocycles. The van der Waals surface area contributed by atoms with Crippen molar-refractivity contribution in [3.63, 3.8) is 0 Å². The van der Waals surface area contributed by atoms with Gasteiger partial charge < -0.3 is 10.2 Å². The highest BCUT2D eigenvalue weighted by molar-refractivity contribution is 7.99. The van der Waals surface area contributed by atoms with Crippen molar-refractivity contribution in [3.05, 3.63) is 63.6 Å². The molecule has 1 aliphatic heterocycles. The van der Waals surface area contributed by atoms with Gasteiger partial charge in [-0.2, -0.15) is 0 Å². The van der Waals surface area contributed by atoms with Crippen LogP contribution in [-0.4, -0.2) is 23.2 Å². The van der Waals surface area contributed by atoms with E-state index in [1.807, 2.05) is 0 Å². The minimum Gasteiger partial charge on any atom is -0.308 e. The van der Waals surface area contributed by atoms with Crippen LogP contribution in [0.15, 0.2) is 36.4 Å². The molecular weight excluding hydrogens is 377 g/mol. The van der Waals surface area contributed by atoms with Gasteiger partial charge in [0.1, 0.15) is 17.0 Å². The summed E-state index contributed by atoms with van der Waals surface area (Å²) in [5.74, 6) is -0.814. The fraction of sp³-hybridized carbons (Fsp3) is 0.188. The molecule has 1 fully saturated rings. The normalized spacial score (nSPS) is 17.2. The molecule has 24 heavy (non-hydrogen) atoms. The monoisotopic (exact) mass is 388 g/mol. The Kier molecular flexibility index (Phi) is 5.18. The second-order valence-corrected chi connectivity index (χ2v) is 7.09. The Morgan fingerprint density at radius 1 is 1.25 bits per heavy atom. The summed E-state index contributed by atoms with van der Waals surface area (Å²) >= 11 is 13.8. The molecule has 1 atom stereocenters. The van der Waals surface area contributed by atoms with Gasteiger partial charge in [0.05, 0.1) is 15.7 Å². The zero-order valence-electron chi connectivity index (χ0n) is 12.2. The Labute approximate surface area is 151 Å². The highest BCUT2D eigenvalue weighted by Gasteiger charge is 2.32. The number of benzene rings is 2. The summed E-state index contributed by atoms with van der Waals surface area (Å²) in [6, 6.07) is 7.75. The lowest BCUT2D eigenvalue weighted by Crippen LogP contribution is -2.34. The molecule has 126 valence electrons. The van der Waals surface area contributed by atoms with Gasteiger partial charge in [0, 0.05) is 23.9 Å². The standard InChI is InChI=1S/C16H12Cl2F2N2OS/c17-11-3-1-2-10(14(11)18)15-22(6-7-24-15)16(23)21-13-5-4-9(19)8-12(13)20/h1-5,8,15H,6-7H2,(H,21,23)/t15-/m0/s1. The van der Waals surface area contributed by atoms with Gasteiger partial charge in [-0.25, -0.2) is 13.6 Å². The zero-order chi connectivity index (χ0) is 17.3. The zero-order valence-corrected chi connectivity index (χ0v) is 14.6. The maximum Gasteiger partial charge on any atom is 0.323 e. The van der Waals surface area contributed by atoms with Gasteiger partial charge in [-0.3, -0.25) is 0 Å². The van der Waals surface area contributed by atoms with Crippen LogP contribution in [0.1, 0.15) is 10.9 Å². The molecule has 0 radical (unpaired) electrons. The highest BCUT2D eigenvalue weighted by Crippen LogP contribution is 2.42. The largest absolute Gasteiger partial charge is 0.323 e. The molecular formula is C16H12Cl2F2N2OS. The minimum atomic E-state index is -0.826. The first-order valence-corrected chi connectivity index (χ1v) is 8.86. The van der Waals surface area contributed by atoms with E-state index in [-0.39, 0.29) is 11.1 Å². The van der Waals surface area contributed by atoms with Gasteiger partial charge in [-0.15, -0.1) is 11.8 Å². The van der Waals surface area contributed by atoms with Crippen molar-refractivity contribution < 1.29 is 13.6 Å². The number of amides is 2. The summed E-state index contributed by atoms with van der Waals surface area (Å²) in [6.45, 7) is 0.479. The van der Waals surface area contributed by atoms with Crippen molar-refractivity contribution in [2.24, 2.45) is 0 Å². The van der Waals surface area contributed by atoms with Crippen molar-refractivity contribution >= 4 is 46.7 Å². The van der Waals surface area contributed by atoms with E-state index in [4.69, 9.17) is 23.2 Å². The number of thioether (sulfide) groups is 1. The SMILES string of the molecule is O=C(Nc1ccc(F)cc1F)N1CCS[C@H]1c1cccc(Cl)c1Cl. The molecule has 2 aromatic rings. The third kappa shape index (κ3) is 3.45. The lowest BCUT2D eigenvalue weighted by atomic mass is 10.2. The van der Waals surface area contributed by atoms with Gasteiger partial charge in [0.25, 0.3) is 0 Å². The van der Waals surface area contributed by atoms with E-state index in [2.05, 4.69) is 5.32 Å². The molecule has 1 heterocycles. The number of nitrogens with zero attached hydrogens (tertiary/aromatic N) is 1. The van der Waals surface area contributed by atoms with Gasteiger partial charge in [-0.1, -0.05) is 35.3 Å². The number of hydrogen-bond donors (Lipinski definition) is 1. The fourth-order valence-electron chi connectivity index (χ4n) is 2.42. The number of nitrogens with one attached hydrogen (secondary N) is 1. The van der Waals surface area contributed by atoms with Crippen LogP contribution in [0.5, 0.6) is 0 Å². The molecule has 0 aliphatic carbocycles. The first-order chi connectivity index (χ1) is 11.5. The van der Waals surface area contributed by atoms with Crippen molar-refractivity contribution in [1.82, 2.24) is 4.90 Å². The highest BCUT2D eigenvalue weighted by atomic mass is 35.5. The van der Waals surface area contributed by atoms with Gasteiger partial charge in [-0.05, 0) is 18.2 Å². The van der Waals surface area contributed by atoms with Crippen molar-refractivity contribution in [3.8, 4) is 0 Å². The number of rotatable bonds is 2. The van der Waals surface area contributed by atoms with Crippen LogP contribution >= 0.6 is 35.0 Å². The summed E-state index contributed by atoms with van der Waals surface area (Å²) < 4.78 is 26.7. The van der Waals surface area contributed by atoms with E-state index in [0.717, 1.165) is 17.7 Å². The molecule has 0 saturated carbocycles. The average molecular weight is 389 g/mol. The lowest BCUT2D eigenvalue weighted by molar-refractivity contribution is 0.214. The minimum absolute atomic E-state index is 0.0748. The molecule has 1 saturated heterocycles. The first-order valence-electron chi connectivity index (χ1n) is 7.05. The summed E-state index contributed by atoms with van der Waals surface area (Å²) in [5, 5.41) is 2.95. The van der Waals surface area contributed by atoms with Crippen LogP contribution in [0.4, 0.5) is 19.3 Å². The summed E-state index contributed by atoms with van der Waals surface area (Å²) in [7, 11) is 0. The second kappa shape index (κ2) is 7.17.